The quantitative estimate of drug-likeness (QED) is 0.797. The number of fused-ring (bicyclic) bond motifs is 1. The summed E-state index contributed by atoms with van der Waals surface area (Å²) < 4.78 is 38.7. The SMILES string of the molecule is N#CC1(c2cnc3cc(C(F)(F)F)nn3c2)CCC1. The maximum absolute atomic E-state index is 12.5. The third-order valence-electron chi connectivity index (χ3n) is 3.58. The van der Waals surface area contributed by atoms with Crippen LogP contribution in [-0.2, 0) is 11.6 Å². The van der Waals surface area contributed by atoms with Gasteiger partial charge in [0.15, 0.2) is 11.3 Å². The molecule has 19 heavy (non-hydrogen) atoms. The Labute approximate surface area is 106 Å². The minimum atomic E-state index is -4.49. The van der Waals surface area contributed by atoms with Crippen LogP contribution in [-0.4, -0.2) is 14.6 Å². The first-order chi connectivity index (χ1) is 8.94. The zero-order chi connectivity index (χ0) is 13.7. The van der Waals surface area contributed by atoms with Crippen molar-refractivity contribution in [3.63, 3.8) is 0 Å². The van der Waals surface area contributed by atoms with E-state index in [2.05, 4.69) is 16.2 Å². The van der Waals surface area contributed by atoms with E-state index in [4.69, 9.17) is 0 Å². The van der Waals surface area contributed by atoms with E-state index in [1.807, 2.05) is 0 Å². The third-order valence-corrected chi connectivity index (χ3v) is 3.58. The molecule has 4 nitrogen and oxygen atoms in total. The maximum Gasteiger partial charge on any atom is 0.435 e. The molecule has 0 saturated heterocycles. The Balaban J connectivity index is 2.09. The summed E-state index contributed by atoms with van der Waals surface area (Å²) >= 11 is 0. The van der Waals surface area contributed by atoms with Gasteiger partial charge in [-0.3, -0.25) is 0 Å². The van der Waals surface area contributed by atoms with Crippen molar-refractivity contribution < 1.29 is 13.2 Å². The number of hydrogen-bond acceptors (Lipinski definition) is 3. The van der Waals surface area contributed by atoms with Crippen LogP contribution >= 0.6 is 0 Å². The van der Waals surface area contributed by atoms with E-state index in [0.29, 0.717) is 18.4 Å². The van der Waals surface area contributed by atoms with E-state index in [-0.39, 0.29) is 5.65 Å². The maximum atomic E-state index is 12.5. The van der Waals surface area contributed by atoms with Gasteiger partial charge in [-0.25, -0.2) is 9.50 Å². The molecule has 1 aliphatic carbocycles. The highest BCUT2D eigenvalue weighted by atomic mass is 19.4. The van der Waals surface area contributed by atoms with Gasteiger partial charge in [0.25, 0.3) is 0 Å². The molecule has 2 aromatic heterocycles. The molecule has 0 spiro atoms. The van der Waals surface area contributed by atoms with Crippen LogP contribution in [0.2, 0.25) is 0 Å². The fourth-order valence-corrected chi connectivity index (χ4v) is 2.26. The van der Waals surface area contributed by atoms with Gasteiger partial charge in [0.05, 0.1) is 11.5 Å². The molecule has 0 N–H and O–H groups in total. The van der Waals surface area contributed by atoms with E-state index < -0.39 is 17.3 Å². The molecule has 0 aromatic carbocycles. The highest BCUT2D eigenvalue weighted by molar-refractivity contribution is 5.43. The summed E-state index contributed by atoms with van der Waals surface area (Å²) in [7, 11) is 0. The molecular weight excluding hydrogens is 257 g/mol. The fraction of sp³-hybridized carbons (Fsp3) is 0.417. The van der Waals surface area contributed by atoms with E-state index in [0.717, 1.165) is 17.0 Å². The van der Waals surface area contributed by atoms with Gasteiger partial charge >= 0.3 is 6.18 Å². The molecule has 0 unspecified atom stereocenters. The first-order valence-electron chi connectivity index (χ1n) is 5.79. The van der Waals surface area contributed by atoms with Crippen LogP contribution in [0.15, 0.2) is 18.5 Å². The number of hydrogen-bond donors (Lipinski definition) is 0. The summed E-state index contributed by atoms with van der Waals surface area (Å²) in [4.78, 5) is 3.96. The van der Waals surface area contributed by atoms with Crippen molar-refractivity contribution in [2.24, 2.45) is 0 Å². The zero-order valence-electron chi connectivity index (χ0n) is 9.78. The van der Waals surface area contributed by atoms with Crippen LogP contribution < -0.4 is 0 Å². The number of aromatic nitrogens is 3. The third kappa shape index (κ3) is 1.75. The van der Waals surface area contributed by atoms with Gasteiger partial charge in [-0.15, -0.1) is 0 Å². The molecule has 0 bridgehead atoms. The van der Waals surface area contributed by atoms with Crippen molar-refractivity contribution in [3.8, 4) is 6.07 Å². The minimum absolute atomic E-state index is 0.128. The molecule has 98 valence electrons. The summed E-state index contributed by atoms with van der Waals surface area (Å²) in [5.41, 5.74) is -0.822. The normalized spacial score (nSPS) is 18.0. The molecule has 0 radical (unpaired) electrons. The van der Waals surface area contributed by atoms with E-state index in [1.165, 1.54) is 12.4 Å². The van der Waals surface area contributed by atoms with Crippen LogP contribution in [0.5, 0.6) is 0 Å². The topological polar surface area (TPSA) is 54.0 Å². The fourth-order valence-electron chi connectivity index (χ4n) is 2.26. The molecule has 2 heterocycles. The second-order valence-electron chi connectivity index (χ2n) is 4.72. The average molecular weight is 266 g/mol. The van der Waals surface area contributed by atoms with Crippen molar-refractivity contribution in [2.75, 3.05) is 0 Å². The van der Waals surface area contributed by atoms with Gasteiger partial charge in [-0.05, 0) is 19.3 Å². The summed E-state index contributed by atoms with van der Waals surface area (Å²) in [6.07, 6.45) is 0.823. The van der Waals surface area contributed by atoms with Crippen molar-refractivity contribution in [3.05, 3.63) is 29.7 Å². The number of nitriles is 1. The van der Waals surface area contributed by atoms with Crippen LogP contribution in [0.4, 0.5) is 13.2 Å². The predicted octanol–water partition coefficient (Wildman–Crippen LogP) is 2.69. The van der Waals surface area contributed by atoms with Crippen LogP contribution in [0.1, 0.15) is 30.5 Å². The lowest BCUT2D eigenvalue weighted by atomic mass is 9.66. The minimum Gasteiger partial charge on any atom is -0.237 e. The van der Waals surface area contributed by atoms with Crippen LogP contribution in [0.25, 0.3) is 5.65 Å². The van der Waals surface area contributed by atoms with Crippen molar-refractivity contribution in [2.45, 2.75) is 30.9 Å². The molecule has 2 aromatic rings. The van der Waals surface area contributed by atoms with Crippen LogP contribution in [0, 0.1) is 11.3 Å². The lowest BCUT2D eigenvalue weighted by Crippen LogP contribution is -2.32. The molecule has 1 aliphatic rings. The highest BCUT2D eigenvalue weighted by Gasteiger charge is 2.40. The summed E-state index contributed by atoms with van der Waals surface area (Å²) in [5, 5.41) is 12.7. The molecule has 3 rings (SSSR count). The number of halogens is 3. The van der Waals surface area contributed by atoms with Crippen molar-refractivity contribution in [1.82, 2.24) is 14.6 Å². The standard InChI is InChI=1S/C12H9F3N4/c13-12(14,15)9-4-10-17-5-8(6-19(10)18-9)11(7-16)2-1-3-11/h4-6H,1-3H2. The Morgan fingerprint density at radius 3 is 2.63 bits per heavy atom. The smallest absolute Gasteiger partial charge is 0.237 e. The van der Waals surface area contributed by atoms with Gasteiger partial charge < -0.3 is 0 Å². The zero-order valence-corrected chi connectivity index (χ0v) is 9.78. The summed E-state index contributed by atoms with van der Waals surface area (Å²) in [5.74, 6) is 0. The first kappa shape index (κ1) is 12.0. The van der Waals surface area contributed by atoms with Gasteiger partial charge in [-0.1, -0.05) is 0 Å². The molecule has 0 atom stereocenters. The Kier molecular flexibility index (Phi) is 2.33. The first-order valence-corrected chi connectivity index (χ1v) is 5.79. The number of rotatable bonds is 1. The summed E-state index contributed by atoms with van der Waals surface area (Å²) in [6, 6.07) is 3.12. The monoisotopic (exact) mass is 266 g/mol. The lowest BCUT2D eigenvalue weighted by molar-refractivity contribution is -0.141. The highest BCUT2D eigenvalue weighted by Crippen LogP contribution is 2.42. The largest absolute Gasteiger partial charge is 0.435 e. The molecule has 0 aliphatic heterocycles. The Morgan fingerprint density at radius 2 is 2.11 bits per heavy atom. The molecular formula is C12H9F3N4. The lowest BCUT2D eigenvalue weighted by Gasteiger charge is -2.34. The molecule has 0 amide bonds. The van der Waals surface area contributed by atoms with Gasteiger partial charge in [0.2, 0.25) is 0 Å². The molecule has 1 saturated carbocycles. The Hall–Kier alpha value is -2.10. The van der Waals surface area contributed by atoms with Crippen molar-refractivity contribution in [1.29, 1.82) is 5.26 Å². The van der Waals surface area contributed by atoms with E-state index >= 15 is 0 Å². The van der Waals surface area contributed by atoms with Crippen molar-refractivity contribution >= 4 is 5.65 Å². The van der Waals surface area contributed by atoms with Gasteiger partial charge in [0.1, 0.15) is 0 Å². The van der Waals surface area contributed by atoms with E-state index in [1.54, 1.807) is 0 Å². The predicted molar refractivity (Wildman–Crippen MR) is 59.1 cm³/mol. The Bertz CT molecular complexity index is 676. The second-order valence-corrected chi connectivity index (χ2v) is 4.72. The summed E-state index contributed by atoms with van der Waals surface area (Å²) in [6.45, 7) is 0. The molecule has 1 fully saturated rings. The average Bonchev–Trinajstić information content (AvgIpc) is 2.71. The van der Waals surface area contributed by atoms with Crippen LogP contribution in [0.3, 0.4) is 0 Å². The van der Waals surface area contributed by atoms with E-state index in [9.17, 15) is 18.4 Å². The number of alkyl halides is 3. The van der Waals surface area contributed by atoms with Gasteiger partial charge in [-0.2, -0.15) is 23.5 Å². The second kappa shape index (κ2) is 3.70. The molecule has 7 heteroatoms. The Morgan fingerprint density at radius 1 is 1.37 bits per heavy atom. The number of nitrogens with zero attached hydrogens (tertiary/aromatic N) is 4. The van der Waals surface area contributed by atoms with Gasteiger partial charge in [0, 0.05) is 24.0 Å².